The first kappa shape index (κ1) is 95.4. The fourth-order valence-electron chi connectivity index (χ4n) is 14.5. The highest BCUT2D eigenvalue weighted by atomic mass is 16.8. The van der Waals surface area contributed by atoms with Crippen molar-refractivity contribution in [1.29, 1.82) is 0 Å². The quantitative estimate of drug-likeness (QED) is 0.0199. The number of hydrogen-bond acceptors (Lipinski definition) is 20. The molecule has 0 aromatic rings. The number of rotatable bonds is 66. The monoisotopic (exact) mass is 1490 g/mol. The van der Waals surface area contributed by atoms with Gasteiger partial charge < -0.3 is 100 Å². The third kappa shape index (κ3) is 39.7. The van der Waals surface area contributed by atoms with Gasteiger partial charge in [-0.15, -0.1) is 0 Å². The molecule has 0 spiro atoms. The van der Waals surface area contributed by atoms with Gasteiger partial charge in [-0.1, -0.05) is 295 Å². The maximum absolute atomic E-state index is 13.6. The van der Waals surface area contributed by atoms with Crippen LogP contribution in [0.1, 0.15) is 335 Å². The van der Waals surface area contributed by atoms with Gasteiger partial charge in [0.25, 0.3) is 5.79 Å². The van der Waals surface area contributed by atoms with Gasteiger partial charge in [0.15, 0.2) is 12.6 Å². The zero-order valence-electron chi connectivity index (χ0n) is 64.6. The number of ether oxygens (including phenoxy) is 6. The Hall–Kier alpha value is -2.79. The fourth-order valence-corrected chi connectivity index (χ4v) is 14.5. The SMILES string of the molecule is CCCCCCCCCCCCCC/C=C\CCCCCCCCCCCCC(=O)NC(COC1OC(CO)C(OC2OC(CO)C(O)C(OC3(C(=O)O)CC(O)C(NC(C)=O)C(C(O)C(O)CO)O3)C2O)C(O)C1O)C(O)/C=C/CCCCCCCCCCCCCCCCCCCCCCCC. The lowest BCUT2D eigenvalue weighted by atomic mass is 9.88. The molecule has 3 heterocycles. The first-order valence-electron chi connectivity index (χ1n) is 41.7. The van der Waals surface area contributed by atoms with Gasteiger partial charge in [-0.3, -0.25) is 9.59 Å². The molecule has 0 saturated carbocycles. The van der Waals surface area contributed by atoms with Crippen LogP contribution in [-0.4, -0.2) is 215 Å². The summed E-state index contributed by atoms with van der Waals surface area (Å²) in [6, 6.07) is -2.62. The van der Waals surface area contributed by atoms with E-state index in [1.165, 1.54) is 238 Å². The molecule has 3 aliphatic heterocycles. The molecule has 18 atom stereocenters. The number of nitrogens with one attached hydrogen (secondary N) is 2. The van der Waals surface area contributed by atoms with Crippen LogP contribution in [0.15, 0.2) is 24.3 Å². The molecule has 14 N–H and O–H groups in total. The van der Waals surface area contributed by atoms with Crippen LogP contribution in [0, 0.1) is 0 Å². The number of carboxylic acids is 1. The van der Waals surface area contributed by atoms with E-state index in [2.05, 4.69) is 36.6 Å². The maximum Gasteiger partial charge on any atom is 0.364 e. The van der Waals surface area contributed by atoms with E-state index in [0.717, 1.165) is 58.3 Å². The van der Waals surface area contributed by atoms with Crippen molar-refractivity contribution in [2.75, 3.05) is 26.4 Å². The molecule has 0 radical (unpaired) electrons. The molecule has 610 valence electrons. The Kier molecular flexibility index (Phi) is 55.0. The molecule has 3 rings (SSSR count). The highest BCUT2D eigenvalue weighted by Crippen LogP contribution is 2.39. The predicted octanol–water partition coefficient (Wildman–Crippen LogP) is 11.5. The Balaban J connectivity index is 1.51. The highest BCUT2D eigenvalue weighted by Gasteiger charge is 2.60. The summed E-state index contributed by atoms with van der Waals surface area (Å²) in [6.45, 7) is 2.20. The fraction of sp³-hybridized carbons (Fsp3) is 0.914. The molecule has 23 heteroatoms. The molecule has 3 saturated heterocycles. The van der Waals surface area contributed by atoms with Crippen LogP contribution < -0.4 is 10.6 Å². The first-order chi connectivity index (χ1) is 50.4. The molecular weight excluding hydrogens is 1340 g/mol. The normalized spacial score (nSPS) is 26.5. The van der Waals surface area contributed by atoms with E-state index in [1.54, 1.807) is 6.08 Å². The molecule has 0 aliphatic carbocycles. The summed E-state index contributed by atoms with van der Waals surface area (Å²) in [5.74, 6) is -6.14. The summed E-state index contributed by atoms with van der Waals surface area (Å²) in [5.41, 5.74) is 0. The lowest BCUT2D eigenvalue weighted by molar-refractivity contribution is -0.386. The number of aliphatic carboxylic acids is 1. The second kappa shape index (κ2) is 60.0. The lowest BCUT2D eigenvalue weighted by Gasteiger charge is -2.50. The van der Waals surface area contributed by atoms with Gasteiger partial charge in [0, 0.05) is 19.8 Å². The van der Waals surface area contributed by atoms with Crippen LogP contribution in [-0.2, 0) is 42.8 Å². The van der Waals surface area contributed by atoms with Gasteiger partial charge in [0.1, 0.15) is 67.1 Å². The highest BCUT2D eigenvalue weighted by molar-refractivity contribution is 5.77. The molecule has 2 amide bonds. The van der Waals surface area contributed by atoms with Crippen LogP contribution in [0.4, 0.5) is 0 Å². The Morgan fingerprint density at radius 3 is 1.31 bits per heavy atom. The number of carbonyl (C=O) groups excluding carboxylic acids is 2. The van der Waals surface area contributed by atoms with Crippen LogP contribution >= 0.6 is 0 Å². The van der Waals surface area contributed by atoms with E-state index in [4.69, 9.17) is 28.4 Å². The smallest absolute Gasteiger partial charge is 0.364 e. The average Bonchev–Trinajstić information content (AvgIpc) is 0.753. The summed E-state index contributed by atoms with van der Waals surface area (Å²) in [7, 11) is 0. The zero-order chi connectivity index (χ0) is 76.0. The van der Waals surface area contributed by atoms with Gasteiger partial charge >= 0.3 is 5.97 Å². The number of hydrogen-bond donors (Lipinski definition) is 14. The average molecular weight is 1490 g/mol. The van der Waals surface area contributed by atoms with Gasteiger partial charge in [0.2, 0.25) is 11.8 Å². The Bertz CT molecular complexity index is 2170. The van der Waals surface area contributed by atoms with Crippen molar-refractivity contribution >= 4 is 17.8 Å². The summed E-state index contributed by atoms with van der Waals surface area (Å²) >= 11 is 0. The summed E-state index contributed by atoms with van der Waals surface area (Å²) in [5, 5.41) is 136. The standard InChI is InChI=1S/C81H150N2O21/c1-4-6-8-10-12-14-16-18-20-22-24-26-28-30-31-33-35-37-39-41-43-45-47-49-51-53-55-68(91)83-62(63(88)54-52-50-48-46-44-42-40-38-36-34-32-29-27-25-23-21-19-17-15-13-11-9-7-5-2)60-99-78-73(95)72(94)75(67(59-86)101-78)102-79-74(96)77(71(93)66(58-85)100-79)104-81(80(97)98)56-64(89)69(82-61(3)87)76(103-81)70(92)65(90)57-84/h30-31,52,54,62-67,69-79,84-86,88-90,92-96H,4-29,32-51,53,55-60H2,1-3H3,(H,82,87)(H,83,91)(H,97,98)/b31-30-,54-52+. The Labute approximate surface area is 625 Å². The Morgan fingerprint density at radius 2 is 0.904 bits per heavy atom. The minimum Gasteiger partial charge on any atom is -0.477 e. The molecule has 3 aliphatic rings. The first-order valence-corrected chi connectivity index (χ1v) is 41.7. The van der Waals surface area contributed by atoms with Crippen molar-refractivity contribution < 1.29 is 104 Å². The predicted molar refractivity (Wildman–Crippen MR) is 403 cm³/mol. The van der Waals surface area contributed by atoms with Crippen LogP contribution in [0.25, 0.3) is 0 Å². The van der Waals surface area contributed by atoms with Crippen molar-refractivity contribution in [3.05, 3.63) is 24.3 Å². The number of amides is 2. The third-order valence-electron chi connectivity index (χ3n) is 21.1. The van der Waals surface area contributed by atoms with Gasteiger partial charge in [-0.05, 0) is 44.9 Å². The van der Waals surface area contributed by atoms with E-state index in [1.807, 2.05) is 6.08 Å². The van der Waals surface area contributed by atoms with Crippen molar-refractivity contribution in [2.45, 2.75) is 445 Å². The minimum absolute atomic E-state index is 0.200. The molecule has 18 unspecified atom stereocenters. The molecule has 23 nitrogen and oxygen atoms in total. The number of carbonyl (C=O) groups is 3. The zero-order valence-corrected chi connectivity index (χ0v) is 64.6. The number of aliphatic hydroxyl groups is 11. The van der Waals surface area contributed by atoms with Crippen LogP contribution in [0.5, 0.6) is 0 Å². The van der Waals surface area contributed by atoms with Crippen molar-refractivity contribution in [1.82, 2.24) is 10.6 Å². The molecule has 0 bridgehead atoms. The van der Waals surface area contributed by atoms with Crippen molar-refractivity contribution in [3.63, 3.8) is 0 Å². The maximum atomic E-state index is 13.6. The summed E-state index contributed by atoms with van der Waals surface area (Å²) < 4.78 is 34.9. The number of carboxylic acid groups (broad SMARTS) is 1. The lowest BCUT2D eigenvalue weighted by Crippen LogP contribution is -2.70. The number of allylic oxidation sites excluding steroid dienone is 3. The molecule has 0 aromatic heterocycles. The second-order valence-corrected chi connectivity index (χ2v) is 30.3. The molecule has 0 aromatic carbocycles. The van der Waals surface area contributed by atoms with Gasteiger partial charge in [-0.2, -0.15) is 0 Å². The van der Waals surface area contributed by atoms with Crippen LogP contribution in [0.3, 0.4) is 0 Å². The summed E-state index contributed by atoms with van der Waals surface area (Å²) in [6.07, 6.45) is 37.8. The molecular formula is C81H150N2O21. The van der Waals surface area contributed by atoms with Gasteiger partial charge in [-0.25, -0.2) is 4.79 Å². The van der Waals surface area contributed by atoms with E-state index >= 15 is 0 Å². The van der Waals surface area contributed by atoms with E-state index in [0.29, 0.717) is 12.8 Å². The van der Waals surface area contributed by atoms with Crippen LogP contribution in [0.2, 0.25) is 0 Å². The number of aliphatic hydroxyl groups excluding tert-OH is 11. The summed E-state index contributed by atoms with van der Waals surface area (Å²) in [4.78, 5) is 38.7. The van der Waals surface area contributed by atoms with E-state index in [9.17, 15) is 75.7 Å². The topological polar surface area (TPSA) is 373 Å². The number of unbranched alkanes of at least 4 members (excludes halogenated alkanes) is 44. The van der Waals surface area contributed by atoms with Crippen molar-refractivity contribution in [3.8, 4) is 0 Å². The minimum atomic E-state index is -3.08. The second-order valence-electron chi connectivity index (χ2n) is 30.3. The third-order valence-corrected chi connectivity index (χ3v) is 21.1. The Morgan fingerprint density at radius 1 is 0.500 bits per heavy atom. The van der Waals surface area contributed by atoms with Crippen molar-refractivity contribution in [2.24, 2.45) is 0 Å². The molecule has 3 fully saturated rings. The largest absolute Gasteiger partial charge is 0.477 e. The van der Waals surface area contributed by atoms with Gasteiger partial charge in [0.05, 0.1) is 50.7 Å². The van der Waals surface area contributed by atoms with E-state index < -0.39 is 155 Å². The molecule has 104 heavy (non-hydrogen) atoms. The van der Waals surface area contributed by atoms with E-state index in [-0.39, 0.29) is 12.3 Å².